The second kappa shape index (κ2) is 7.36. The Hall–Kier alpha value is -2.73. The molecule has 2 aliphatic heterocycles. The lowest BCUT2D eigenvalue weighted by Crippen LogP contribution is -2.31. The molecule has 0 radical (unpaired) electrons. The highest BCUT2D eigenvalue weighted by molar-refractivity contribution is 8.04. The van der Waals surface area contributed by atoms with Gasteiger partial charge in [0.15, 0.2) is 11.5 Å². The number of aryl methyl sites for hydroxylation is 2. The molecule has 0 aliphatic carbocycles. The van der Waals surface area contributed by atoms with Crippen LogP contribution in [0.4, 0.5) is 0 Å². The van der Waals surface area contributed by atoms with E-state index in [1.807, 2.05) is 57.2 Å². The first kappa shape index (κ1) is 18.6. The highest BCUT2D eigenvalue weighted by Crippen LogP contribution is 2.39. The molecule has 6 heteroatoms. The molecule has 0 saturated heterocycles. The van der Waals surface area contributed by atoms with Crippen molar-refractivity contribution in [3.05, 3.63) is 63.6 Å². The molecule has 0 aromatic heterocycles. The second-order valence-electron chi connectivity index (χ2n) is 6.84. The number of benzene rings is 2. The quantitative estimate of drug-likeness (QED) is 0.715. The first-order chi connectivity index (χ1) is 13.5. The van der Waals surface area contributed by atoms with Crippen molar-refractivity contribution in [1.82, 2.24) is 4.90 Å². The number of carbonyl (C=O) groups excluding carboxylic acids is 2. The first-order valence-corrected chi connectivity index (χ1v) is 10.2. The fraction of sp³-hybridized carbons (Fsp3) is 0.273. The van der Waals surface area contributed by atoms with Crippen LogP contribution in [-0.2, 0) is 16.1 Å². The summed E-state index contributed by atoms with van der Waals surface area (Å²) in [5.74, 6) is 1.57. The van der Waals surface area contributed by atoms with Crippen molar-refractivity contribution in [3.63, 3.8) is 0 Å². The van der Waals surface area contributed by atoms with Crippen molar-refractivity contribution in [2.75, 3.05) is 12.5 Å². The number of imide groups is 1. The maximum absolute atomic E-state index is 13.3. The molecule has 2 heterocycles. The first-order valence-electron chi connectivity index (χ1n) is 9.19. The van der Waals surface area contributed by atoms with E-state index < -0.39 is 0 Å². The smallest absolute Gasteiger partial charge is 0.268 e. The minimum Gasteiger partial charge on any atom is -0.454 e. The van der Waals surface area contributed by atoms with Crippen LogP contribution in [0, 0.1) is 13.8 Å². The van der Waals surface area contributed by atoms with E-state index in [0.717, 1.165) is 28.0 Å². The van der Waals surface area contributed by atoms with Gasteiger partial charge in [0.25, 0.3) is 11.8 Å². The predicted molar refractivity (Wildman–Crippen MR) is 109 cm³/mol. The molecule has 2 amide bonds. The van der Waals surface area contributed by atoms with E-state index in [4.69, 9.17) is 9.47 Å². The molecular weight excluding hydrogens is 374 g/mol. The van der Waals surface area contributed by atoms with Gasteiger partial charge in [0.1, 0.15) is 0 Å². The normalized spacial score (nSPS) is 15.8. The van der Waals surface area contributed by atoms with Crippen LogP contribution in [0.3, 0.4) is 0 Å². The minimum absolute atomic E-state index is 0.191. The number of carbonyl (C=O) groups is 2. The fourth-order valence-corrected chi connectivity index (χ4v) is 4.39. The van der Waals surface area contributed by atoms with Gasteiger partial charge in [-0.25, -0.2) is 0 Å². The van der Waals surface area contributed by atoms with Crippen molar-refractivity contribution in [2.45, 2.75) is 27.3 Å². The van der Waals surface area contributed by atoms with Gasteiger partial charge in [-0.3, -0.25) is 14.5 Å². The van der Waals surface area contributed by atoms with Crippen LogP contribution in [0.15, 0.2) is 41.3 Å². The Morgan fingerprint density at radius 1 is 1.00 bits per heavy atom. The number of ether oxygens (including phenoxy) is 2. The Balaban J connectivity index is 1.68. The lowest BCUT2D eigenvalue weighted by molar-refractivity contribution is -0.137. The summed E-state index contributed by atoms with van der Waals surface area (Å²) >= 11 is 1.42. The number of hydrogen-bond donors (Lipinski definition) is 0. The molecule has 0 fully saturated rings. The van der Waals surface area contributed by atoms with E-state index in [1.165, 1.54) is 16.7 Å². The van der Waals surface area contributed by atoms with Crippen molar-refractivity contribution in [3.8, 4) is 11.5 Å². The Labute approximate surface area is 168 Å². The van der Waals surface area contributed by atoms with Crippen LogP contribution in [0.2, 0.25) is 0 Å². The molecule has 28 heavy (non-hydrogen) atoms. The number of rotatable bonds is 5. The summed E-state index contributed by atoms with van der Waals surface area (Å²) in [5, 5.41) is 0. The molecule has 144 valence electrons. The lowest BCUT2D eigenvalue weighted by Gasteiger charge is -2.16. The third-order valence-corrected chi connectivity index (χ3v) is 5.80. The SMILES string of the molecule is CCSC1=C(c2ccc(C)cc2C)C(=O)N(Cc2ccc3c(c2)OCO3)C1=O. The van der Waals surface area contributed by atoms with Crippen LogP contribution >= 0.6 is 11.8 Å². The Bertz CT molecular complexity index is 1010. The maximum Gasteiger partial charge on any atom is 0.268 e. The highest BCUT2D eigenvalue weighted by Gasteiger charge is 2.39. The monoisotopic (exact) mass is 395 g/mol. The topological polar surface area (TPSA) is 55.8 Å². The molecule has 0 saturated carbocycles. The Morgan fingerprint density at radius 3 is 2.54 bits per heavy atom. The number of amides is 2. The van der Waals surface area contributed by atoms with E-state index in [-0.39, 0.29) is 25.2 Å². The highest BCUT2D eigenvalue weighted by atomic mass is 32.2. The predicted octanol–water partition coefficient (Wildman–Crippen LogP) is 4.07. The van der Waals surface area contributed by atoms with Gasteiger partial charge in [0, 0.05) is 0 Å². The number of hydrogen-bond acceptors (Lipinski definition) is 5. The van der Waals surface area contributed by atoms with Gasteiger partial charge in [-0.05, 0) is 48.4 Å². The largest absolute Gasteiger partial charge is 0.454 e. The zero-order chi connectivity index (χ0) is 19.8. The van der Waals surface area contributed by atoms with Gasteiger partial charge in [-0.2, -0.15) is 0 Å². The van der Waals surface area contributed by atoms with Crippen molar-refractivity contribution < 1.29 is 19.1 Å². The van der Waals surface area contributed by atoms with E-state index in [0.29, 0.717) is 22.0 Å². The van der Waals surface area contributed by atoms with E-state index in [2.05, 4.69) is 0 Å². The molecule has 0 spiro atoms. The zero-order valence-electron chi connectivity index (χ0n) is 16.1. The summed E-state index contributed by atoms with van der Waals surface area (Å²) in [7, 11) is 0. The van der Waals surface area contributed by atoms with Gasteiger partial charge in [0.05, 0.1) is 17.0 Å². The molecule has 5 nitrogen and oxygen atoms in total. The molecule has 0 unspecified atom stereocenters. The van der Waals surface area contributed by atoms with E-state index in [1.54, 1.807) is 0 Å². The molecule has 4 rings (SSSR count). The van der Waals surface area contributed by atoms with Crippen molar-refractivity contribution in [2.24, 2.45) is 0 Å². The summed E-state index contributed by atoms with van der Waals surface area (Å²) in [4.78, 5) is 28.2. The van der Waals surface area contributed by atoms with Crippen LogP contribution in [-0.4, -0.2) is 29.3 Å². The molecular formula is C22H21NO4S. The Kier molecular flexibility index (Phi) is 4.89. The second-order valence-corrected chi connectivity index (χ2v) is 8.11. The van der Waals surface area contributed by atoms with Crippen LogP contribution in [0.5, 0.6) is 11.5 Å². The Morgan fingerprint density at radius 2 is 1.79 bits per heavy atom. The minimum atomic E-state index is -0.245. The van der Waals surface area contributed by atoms with Crippen LogP contribution in [0.25, 0.3) is 5.57 Å². The summed E-state index contributed by atoms with van der Waals surface area (Å²) in [6, 6.07) is 11.4. The summed E-state index contributed by atoms with van der Waals surface area (Å²) in [5.41, 5.74) is 4.28. The van der Waals surface area contributed by atoms with Gasteiger partial charge in [-0.15, -0.1) is 11.8 Å². The fourth-order valence-electron chi connectivity index (χ4n) is 3.53. The molecule has 0 N–H and O–H groups in total. The van der Waals surface area contributed by atoms with Gasteiger partial charge < -0.3 is 9.47 Å². The average Bonchev–Trinajstić information content (AvgIpc) is 3.21. The van der Waals surface area contributed by atoms with E-state index in [9.17, 15) is 9.59 Å². The van der Waals surface area contributed by atoms with Gasteiger partial charge in [0.2, 0.25) is 6.79 Å². The summed E-state index contributed by atoms with van der Waals surface area (Å²) in [6.45, 7) is 6.37. The molecule has 2 aromatic rings. The summed E-state index contributed by atoms with van der Waals surface area (Å²) in [6.07, 6.45) is 0. The van der Waals surface area contributed by atoms with Gasteiger partial charge >= 0.3 is 0 Å². The number of nitrogens with zero attached hydrogens (tertiary/aromatic N) is 1. The van der Waals surface area contributed by atoms with Crippen molar-refractivity contribution >= 4 is 29.1 Å². The molecule has 2 aliphatic rings. The van der Waals surface area contributed by atoms with Crippen molar-refractivity contribution in [1.29, 1.82) is 0 Å². The molecule has 0 atom stereocenters. The standard InChI is InChI=1S/C22H21NO4S/c1-4-28-20-19(16-7-5-13(2)9-14(16)3)21(24)23(22(20)25)11-15-6-8-17-18(10-15)27-12-26-17/h5-10H,4,11-12H2,1-3H3. The number of fused-ring (bicyclic) bond motifs is 1. The van der Waals surface area contributed by atoms with Gasteiger partial charge in [-0.1, -0.05) is 36.8 Å². The third-order valence-electron chi connectivity index (χ3n) is 4.84. The average molecular weight is 395 g/mol. The van der Waals surface area contributed by atoms with Crippen LogP contribution < -0.4 is 9.47 Å². The van der Waals surface area contributed by atoms with Crippen LogP contribution in [0.1, 0.15) is 29.2 Å². The summed E-state index contributed by atoms with van der Waals surface area (Å²) < 4.78 is 10.7. The zero-order valence-corrected chi connectivity index (χ0v) is 16.9. The lowest BCUT2D eigenvalue weighted by atomic mass is 9.99. The van der Waals surface area contributed by atoms with E-state index >= 15 is 0 Å². The molecule has 0 bridgehead atoms. The maximum atomic E-state index is 13.3. The number of thioether (sulfide) groups is 1. The molecule has 2 aromatic carbocycles. The third kappa shape index (κ3) is 3.18.